The molecule has 0 fully saturated rings. The number of nitriles is 1. The molecule has 3 rings (SSSR count). The quantitative estimate of drug-likeness (QED) is 0.411. The molecule has 0 bridgehead atoms. The van der Waals surface area contributed by atoms with Gasteiger partial charge in [-0.2, -0.15) is 5.26 Å². The summed E-state index contributed by atoms with van der Waals surface area (Å²) in [4.78, 5) is 41.1. The van der Waals surface area contributed by atoms with Gasteiger partial charge in [-0.3, -0.25) is 13.9 Å². The van der Waals surface area contributed by atoms with Gasteiger partial charge in [0.25, 0.3) is 5.56 Å². The predicted octanol–water partition coefficient (Wildman–Crippen LogP) is 1.07. The summed E-state index contributed by atoms with van der Waals surface area (Å²) in [6.07, 6.45) is 1.30. The smallest absolute Gasteiger partial charge is 0.332 e. The molecule has 0 aliphatic rings. The number of aryl methyl sites for hydroxylation is 1. The van der Waals surface area contributed by atoms with Crippen LogP contribution in [0.2, 0.25) is 0 Å². The SMILES string of the molecule is CCOc1cc(C#N)cc(Br)c1OC(=O)Cn1cnc2c1c(=O)n(C)c(=O)n2C. The van der Waals surface area contributed by atoms with Gasteiger partial charge in [-0.25, -0.2) is 14.6 Å². The van der Waals surface area contributed by atoms with Gasteiger partial charge in [0.05, 0.1) is 29.0 Å². The fraction of sp³-hybridized carbons (Fsp3) is 0.278. The normalized spacial score (nSPS) is 10.7. The standard InChI is InChI=1S/C18H16BrN5O5/c1-4-28-12-6-10(7-20)5-11(19)15(12)29-13(25)8-24-9-21-16-14(24)17(26)23(3)18(27)22(16)2/h5-6,9H,4,8H2,1-3H3. The molecule has 3 aromatic rings. The average molecular weight is 462 g/mol. The molecule has 0 aliphatic heterocycles. The maximum atomic E-state index is 12.5. The molecule has 0 radical (unpaired) electrons. The van der Waals surface area contributed by atoms with Gasteiger partial charge in [0.15, 0.2) is 22.7 Å². The highest BCUT2D eigenvalue weighted by molar-refractivity contribution is 9.10. The number of esters is 1. The molecular weight excluding hydrogens is 446 g/mol. The fourth-order valence-electron chi connectivity index (χ4n) is 2.80. The molecule has 2 heterocycles. The summed E-state index contributed by atoms with van der Waals surface area (Å²) in [5.74, 6) is -0.326. The first-order valence-corrected chi connectivity index (χ1v) is 9.25. The average Bonchev–Trinajstić information content (AvgIpc) is 3.10. The minimum absolute atomic E-state index is 0.107. The molecule has 0 N–H and O–H groups in total. The van der Waals surface area contributed by atoms with Crippen LogP contribution in [-0.2, 0) is 25.4 Å². The molecule has 10 nitrogen and oxygen atoms in total. The van der Waals surface area contributed by atoms with Crippen molar-refractivity contribution in [3.8, 4) is 17.6 Å². The molecule has 2 aromatic heterocycles. The van der Waals surface area contributed by atoms with E-state index < -0.39 is 17.2 Å². The first kappa shape index (κ1) is 20.3. The highest BCUT2D eigenvalue weighted by Crippen LogP contribution is 2.37. The fourth-order valence-corrected chi connectivity index (χ4v) is 3.32. The molecule has 29 heavy (non-hydrogen) atoms. The Morgan fingerprint density at radius 3 is 2.66 bits per heavy atom. The maximum Gasteiger partial charge on any atom is 0.332 e. The number of carbonyl (C=O) groups is 1. The molecule has 0 spiro atoms. The van der Waals surface area contributed by atoms with Gasteiger partial charge >= 0.3 is 11.7 Å². The highest BCUT2D eigenvalue weighted by Gasteiger charge is 2.19. The van der Waals surface area contributed by atoms with Crippen LogP contribution in [0, 0.1) is 11.3 Å². The van der Waals surface area contributed by atoms with Crippen molar-refractivity contribution in [1.29, 1.82) is 5.26 Å². The van der Waals surface area contributed by atoms with Crippen LogP contribution in [0.15, 0.2) is 32.5 Å². The van der Waals surface area contributed by atoms with Crippen molar-refractivity contribution in [2.24, 2.45) is 14.1 Å². The number of rotatable bonds is 5. The highest BCUT2D eigenvalue weighted by atomic mass is 79.9. The van der Waals surface area contributed by atoms with Crippen LogP contribution in [0.5, 0.6) is 11.5 Å². The van der Waals surface area contributed by atoms with E-state index in [2.05, 4.69) is 20.9 Å². The number of imidazole rings is 1. The number of aromatic nitrogens is 4. The first-order valence-electron chi connectivity index (χ1n) is 8.46. The third-order valence-electron chi connectivity index (χ3n) is 4.17. The van der Waals surface area contributed by atoms with E-state index in [1.165, 1.54) is 41.7 Å². The molecule has 1 aromatic carbocycles. The van der Waals surface area contributed by atoms with E-state index in [0.717, 1.165) is 4.57 Å². The second-order valence-electron chi connectivity index (χ2n) is 6.05. The number of benzene rings is 1. The Morgan fingerprint density at radius 1 is 1.28 bits per heavy atom. The Morgan fingerprint density at radius 2 is 2.00 bits per heavy atom. The first-order chi connectivity index (χ1) is 13.8. The summed E-state index contributed by atoms with van der Waals surface area (Å²) in [6.45, 7) is 1.75. The van der Waals surface area contributed by atoms with Crippen LogP contribution in [0.1, 0.15) is 12.5 Å². The molecule has 0 atom stereocenters. The third-order valence-corrected chi connectivity index (χ3v) is 4.76. The van der Waals surface area contributed by atoms with Crippen molar-refractivity contribution in [2.45, 2.75) is 13.5 Å². The minimum Gasteiger partial charge on any atom is -0.490 e. The van der Waals surface area contributed by atoms with Crippen LogP contribution >= 0.6 is 15.9 Å². The lowest BCUT2D eigenvalue weighted by atomic mass is 10.2. The Bertz CT molecular complexity index is 1280. The molecule has 0 saturated heterocycles. The lowest BCUT2D eigenvalue weighted by Crippen LogP contribution is -2.37. The zero-order valence-electron chi connectivity index (χ0n) is 15.8. The molecule has 11 heteroatoms. The Hall–Kier alpha value is -3.39. The Labute approximate surface area is 172 Å². The zero-order valence-corrected chi connectivity index (χ0v) is 17.4. The van der Waals surface area contributed by atoms with E-state index in [4.69, 9.17) is 14.7 Å². The number of ether oxygens (including phenoxy) is 2. The van der Waals surface area contributed by atoms with E-state index in [0.29, 0.717) is 16.6 Å². The number of nitrogens with zero attached hydrogens (tertiary/aromatic N) is 5. The van der Waals surface area contributed by atoms with Crippen LogP contribution in [-0.4, -0.2) is 31.3 Å². The van der Waals surface area contributed by atoms with E-state index in [9.17, 15) is 14.4 Å². The largest absolute Gasteiger partial charge is 0.490 e. The van der Waals surface area contributed by atoms with Crippen molar-refractivity contribution < 1.29 is 14.3 Å². The van der Waals surface area contributed by atoms with Crippen LogP contribution in [0.3, 0.4) is 0 Å². The monoisotopic (exact) mass is 461 g/mol. The van der Waals surface area contributed by atoms with Crippen molar-refractivity contribution in [3.63, 3.8) is 0 Å². The van der Waals surface area contributed by atoms with Gasteiger partial charge in [0.1, 0.15) is 6.54 Å². The van der Waals surface area contributed by atoms with E-state index >= 15 is 0 Å². The van der Waals surface area contributed by atoms with Gasteiger partial charge in [-0.15, -0.1) is 0 Å². The van der Waals surface area contributed by atoms with Crippen LogP contribution in [0.25, 0.3) is 11.2 Å². The minimum atomic E-state index is -0.688. The summed E-state index contributed by atoms with van der Waals surface area (Å²) in [5.41, 5.74) is -0.470. The van der Waals surface area contributed by atoms with Crippen molar-refractivity contribution >= 4 is 33.1 Å². The van der Waals surface area contributed by atoms with Crippen molar-refractivity contribution in [1.82, 2.24) is 18.7 Å². The third kappa shape index (κ3) is 3.66. The zero-order chi connectivity index (χ0) is 21.3. The summed E-state index contributed by atoms with van der Waals surface area (Å²) in [6, 6.07) is 4.97. The van der Waals surface area contributed by atoms with Crippen LogP contribution < -0.4 is 20.7 Å². The Kier molecular flexibility index (Phi) is 5.56. The van der Waals surface area contributed by atoms with Crippen LogP contribution in [0.4, 0.5) is 0 Å². The number of carbonyl (C=O) groups excluding carboxylic acids is 1. The van der Waals surface area contributed by atoms with E-state index in [1.807, 2.05) is 6.07 Å². The molecule has 0 unspecified atom stereocenters. The number of fused-ring (bicyclic) bond motifs is 1. The maximum absolute atomic E-state index is 12.5. The van der Waals surface area contributed by atoms with Gasteiger partial charge < -0.3 is 14.0 Å². The van der Waals surface area contributed by atoms with Gasteiger partial charge in [0.2, 0.25) is 0 Å². The number of hydrogen-bond acceptors (Lipinski definition) is 7. The molecule has 0 aliphatic carbocycles. The van der Waals surface area contributed by atoms with Gasteiger partial charge in [-0.1, -0.05) is 0 Å². The molecule has 150 valence electrons. The molecular formula is C18H16BrN5O5. The summed E-state index contributed by atoms with van der Waals surface area (Å²) >= 11 is 3.27. The summed E-state index contributed by atoms with van der Waals surface area (Å²) < 4.78 is 14.7. The molecule has 0 amide bonds. The molecule has 0 saturated carbocycles. The second kappa shape index (κ2) is 7.92. The van der Waals surface area contributed by atoms with E-state index in [1.54, 1.807) is 6.92 Å². The second-order valence-corrected chi connectivity index (χ2v) is 6.91. The number of halogens is 1. The topological polar surface area (TPSA) is 121 Å². The van der Waals surface area contributed by atoms with E-state index in [-0.39, 0.29) is 29.2 Å². The number of hydrogen-bond donors (Lipinski definition) is 0. The lowest BCUT2D eigenvalue weighted by Gasteiger charge is -2.13. The van der Waals surface area contributed by atoms with Gasteiger partial charge in [0, 0.05) is 20.2 Å². The van der Waals surface area contributed by atoms with Crippen molar-refractivity contribution in [3.05, 3.63) is 49.3 Å². The summed E-state index contributed by atoms with van der Waals surface area (Å²) in [7, 11) is 2.84. The van der Waals surface area contributed by atoms with Gasteiger partial charge in [-0.05, 0) is 28.9 Å². The Balaban J connectivity index is 1.96. The summed E-state index contributed by atoms with van der Waals surface area (Å²) in [5, 5.41) is 9.09. The predicted molar refractivity (Wildman–Crippen MR) is 106 cm³/mol. The lowest BCUT2D eigenvalue weighted by molar-refractivity contribution is -0.135. The van der Waals surface area contributed by atoms with Crippen molar-refractivity contribution in [2.75, 3.05) is 6.61 Å².